The molecule has 0 aliphatic rings. The molecular formula is C13H19N7O. The standard InChI is InChI=1S/C13H19N7O/c1-2-3-10-6-9(7-12(18-10)19-14)13(21)15-5-4-11-16-8-17-20-11/h6-8H,2-5,14H2,1H3,(H,15,21)(H,18,19)(H,16,17,20). The van der Waals surface area contributed by atoms with Crippen LogP contribution in [-0.2, 0) is 12.8 Å². The van der Waals surface area contributed by atoms with Crippen molar-refractivity contribution in [3.8, 4) is 0 Å². The number of rotatable bonds is 7. The monoisotopic (exact) mass is 289 g/mol. The highest BCUT2D eigenvalue weighted by Crippen LogP contribution is 2.11. The van der Waals surface area contributed by atoms with Crippen molar-refractivity contribution in [2.24, 2.45) is 5.84 Å². The van der Waals surface area contributed by atoms with Gasteiger partial charge in [0, 0.05) is 24.2 Å². The van der Waals surface area contributed by atoms with Gasteiger partial charge in [0.1, 0.15) is 18.0 Å². The number of nitrogens with one attached hydrogen (secondary N) is 3. The number of carbonyl (C=O) groups excluding carboxylic acids is 1. The zero-order valence-electron chi connectivity index (χ0n) is 11.9. The summed E-state index contributed by atoms with van der Waals surface area (Å²) in [4.78, 5) is 20.4. The minimum atomic E-state index is -0.161. The SMILES string of the molecule is CCCc1cc(C(=O)NCCc2ncn[nH]2)cc(NN)n1. The maximum Gasteiger partial charge on any atom is 0.251 e. The summed E-state index contributed by atoms with van der Waals surface area (Å²) in [5.41, 5.74) is 3.87. The summed E-state index contributed by atoms with van der Waals surface area (Å²) in [5, 5.41) is 9.33. The molecule has 0 saturated carbocycles. The number of carbonyl (C=O) groups is 1. The van der Waals surface area contributed by atoms with Gasteiger partial charge in [-0.05, 0) is 18.6 Å². The lowest BCUT2D eigenvalue weighted by molar-refractivity contribution is 0.0954. The summed E-state index contributed by atoms with van der Waals surface area (Å²) in [7, 11) is 0. The second-order valence-corrected chi connectivity index (χ2v) is 4.56. The van der Waals surface area contributed by atoms with Gasteiger partial charge in [0.2, 0.25) is 0 Å². The molecule has 2 heterocycles. The van der Waals surface area contributed by atoms with Crippen molar-refractivity contribution >= 4 is 11.7 Å². The third-order valence-electron chi connectivity index (χ3n) is 2.91. The van der Waals surface area contributed by atoms with E-state index in [0.717, 1.165) is 24.4 Å². The minimum Gasteiger partial charge on any atom is -0.352 e. The van der Waals surface area contributed by atoms with Crippen molar-refractivity contribution in [3.05, 3.63) is 35.5 Å². The Bertz CT molecular complexity index is 582. The fourth-order valence-corrected chi connectivity index (χ4v) is 1.92. The Morgan fingerprint density at radius 2 is 2.24 bits per heavy atom. The topological polar surface area (TPSA) is 122 Å². The van der Waals surface area contributed by atoms with Crippen molar-refractivity contribution in [1.82, 2.24) is 25.5 Å². The Hall–Kier alpha value is -2.48. The molecule has 5 N–H and O–H groups in total. The van der Waals surface area contributed by atoms with Gasteiger partial charge in [0.15, 0.2) is 0 Å². The molecule has 2 aromatic heterocycles. The van der Waals surface area contributed by atoms with Crippen LogP contribution in [0.15, 0.2) is 18.5 Å². The number of amides is 1. The average Bonchev–Trinajstić information content (AvgIpc) is 3.00. The van der Waals surface area contributed by atoms with Gasteiger partial charge in [-0.25, -0.2) is 15.8 Å². The molecule has 2 aromatic rings. The van der Waals surface area contributed by atoms with Crippen LogP contribution < -0.4 is 16.6 Å². The Morgan fingerprint density at radius 1 is 1.38 bits per heavy atom. The molecule has 0 aliphatic heterocycles. The van der Waals surface area contributed by atoms with E-state index in [1.54, 1.807) is 12.1 Å². The van der Waals surface area contributed by atoms with Gasteiger partial charge in [-0.15, -0.1) is 0 Å². The number of nitrogen functional groups attached to an aromatic ring is 1. The van der Waals surface area contributed by atoms with E-state index in [-0.39, 0.29) is 5.91 Å². The Kier molecular flexibility index (Phi) is 5.22. The highest BCUT2D eigenvalue weighted by atomic mass is 16.1. The van der Waals surface area contributed by atoms with Crippen LogP contribution in [0.1, 0.15) is 35.2 Å². The number of nitrogens with two attached hydrogens (primary N) is 1. The summed E-state index contributed by atoms with van der Waals surface area (Å²) in [6.45, 7) is 2.53. The number of nitrogens with zero attached hydrogens (tertiary/aromatic N) is 3. The van der Waals surface area contributed by atoms with E-state index in [2.05, 4.69) is 37.8 Å². The van der Waals surface area contributed by atoms with Crippen LogP contribution in [0, 0.1) is 0 Å². The molecule has 0 radical (unpaired) electrons. The lowest BCUT2D eigenvalue weighted by atomic mass is 10.1. The first kappa shape index (κ1) is 14.9. The lowest BCUT2D eigenvalue weighted by Crippen LogP contribution is -2.26. The maximum atomic E-state index is 12.1. The van der Waals surface area contributed by atoms with E-state index in [0.29, 0.717) is 24.3 Å². The van der Waals surface area contributed by atoms with Gasteiger partial charge < -0.3 is 10.7 Å². The predicted molar refractivity (Wildman–Crippen MR) is 78.5 cm³/mol. The van der Waals surface area contributed by atoms with Gasteiger partial charge in [0.25, 0.3) is 5.91 Å². The second kappa shape index (κ2) is 7.34. The Balaban J connectivity index is 1.98. The zero-order chi connectivity index (χ0) is 15.1. The average molecular weight is 289 g/mol. The highest BCUT2D eigenvalue weighted by molar-refractivity contribution is 5.95. The molecule has 1 amide bonds. The smallest absolute Gasteiger partial charge is 0.251 e. The van der Waals surface area contributed by atoms with Crippen LogP contribution in [-0.4, -0.2) is 32.6 Å². The maximum absolute atomic E-state index is 12.1. The van der Waals surface area contributed by atoms with Crippen LogP contribution in [0.3, 0.4) is 0 Å². The van der Waals surface area contributed by atoms with Crippen LogP contribution in [0.4, 0.5) is 5.82 Å². The number of hydrogen-bond donors (Lipinski definition) is 4. The first-order valence-electron chi connectivity index (χ1n) is 6.83. The highest BCUT2D eigenvalue weighted by Gasteiger charge is 2.09. The number of aryl methyl sites for hydroxylation is 1. The van der Waals surface area contributed by atoms with Crippen LogP contribution in [0.25, 0.3) is 0 Å². The molecule has 0 saturated heterocycles. The molecule has 0 unspecified atom stereocenters. The normalized spacial score (nSPS) is 10.4. The molecule has 0 aliphatic carbocycles. The summed E-state index contributed by atoms with van der Waals surface area (Å²) in [6, 6.07) is 3.41. The number of pyridine rings is 1. The minimum absolute atomic E-state index is 0.161. The molecule has 8 nitrogen and oxygen atoms in total. The molecule has 8 heteroatoms. The lowest BCUT2D eigenvalue weighted by Gasteiger charge is -2.08. The molecule has 0 atom stereocenters. The Labute approximate surface area is 122 Å². The number of hydrogen-bond acceptors (Lipinski definition) is 6. The molecule has 0 aromatic carbocycles. The predicted octanol–water partition coefficient (Wildman–Crippen LogP) is 0.410. The van der Waals surface area contributed by atoms with Crippen molar-refractivity contribution in [2.45, 2.75) is 26.2 Å². The molecule has 0 spiro atoms. The summed E-state index contributed by atoms with van der Waals surface area (Å²) < 4.78 is 0. The molecule has 21 heavy (non-hydrogen) atoms. The second-order valence-electron chi connectivity index (χ2n) is 4.56. The van der Waals surface area contributed by atoms with E-state index in [4.69, 9.17) is 5.84 Å². The van der Waals surface area contributed by atoms with Crippen LogP contribution >= 0.6 is 0 Å². The van der Waals surface area contributed by atoms with Crippen molar-refractivity contribution < 1.29 is 4.79 Å². The van der Waals surface area contributed by atoms with Gasteiger partial charge >= 0.3 is 0 Å². The van der Waals surface area contributed by atoms with Crippen molar-refractivity contribution in [2.75, 3.05) is 12.0 Å². The quantitative estimate of drug-likeness (QED) is 0.432. The number of aromatic amines is 1. The number of aromatic nitrogens is 4. The van der Waals surface area contributed by atoms with Crippen molar-refractivity contribution in [3.63, 3.8) is 0 Å². The fourth-order valence-electron chi connectivity index (χ4n) is 1.92. The molecule has 0 fully saturated rings. The van der Waals surface area contributed by atoms with Gasteiger partial charge in [0.05, 0.1) is 0 Å². The third kappa shape index (κ3) is 4.25. The van der Waals surface area contributed by atoms with E-state index < -0.39 is 0 Å². The molecule has 0 bridgehead atoms. The zero-order valence-corrected chi connectivity index (χ0v) is 11.9. The van der Waals surface area contributed by atoms with Gasteiger partial charge in [-0.1, -0.05) is 13.3 Å². The molecule has 112 valence electrons. The van der Waals surface area contributed by atoms with E-state index in [9.17, 15) is 4.79 Å². The van der Waals surface area contributed by atoms with E-state index in [1.165, 1.54) is 6.33 Å². The summed E-state index contributed by atoms with van der Waals surface area (Å²) in [5.74, 6) is 6.45. The number of anilines is 1. The van der Waals surface area contributed by atoms with E-state index in [1.807, 2.05) is 0 Å². The first-order chi connectivity index (χ1) is 10.2. The third-order valence-corrected chi connectivity index (χ3v) is 2.91. The van der Waals surface area contributed by atoms with Crippen LogP contribution in [0.5, 0.6) is 0 Å². The fraction of sp³-hybridized carbons (Fsp3) is 0.385. The summed E-state index contributed by atoms with van der Waals surface area (Å²) >= 11 is 0. The Morgan fingerprint density at radius 3 is 2.90 bits per heavy atom. The van der Waals surface area contributed by atoms with Crippen molar-refractivity contribution in [1.29, 1.82) is 0 Å². The van der Waals surface area contributed by atoms with Crippen LogP contribution in [0.2, 0.25) is 0 Å². The van der Waals surface area contributed by atoms with Gasteiger partial charge in [-0.3, -0.25) is 9.89 Å². The number of hydrazine groups is 1. The first-order valence-corrected chi connectivity index (χ1v) is 6.83. The van der Waals surface area contributed by atoms with Gasteiger partial charge in [-0.2, -0.15) is 5.10 Å². The number of H-pyrrole nitrogens is 1. The molecule has 2 rings (SSSR count). The van der Waals surface area contributed by atoms with E-state index >= 15 is 0 Å². The largest absolute Gasteiger partial charge is 0.352 e. The summed E-state index contributed by atoms with van der Waals surface area (Å²) in [6.07, 6.45) is 3.79. The molecular weight excluding hydrogens is 270 g/mol.